The zero-order valence-electron chi connectivity index (χ0n) is 5.20. The molecule has 0 aliphatic carbocycles. The normalized spacial score (nSPS) is 9.25. The van der Waals surface area contributed by atoms with Crippen LogP contribution >= 0.6 is 0 Å². The van der Waals surface area contributed by atoms with Crippen molar-refractivity contribution < 1.29 is 0 Å². The van der Waals surface area contributed by atoms with Gasteiger partial charge in [0.1, 0.15) is 0 Å². The van der Waals surface area contributed by atoms with Crippen molar-refractivity contribution in [3.8, 4) is 0 Å². The molecule has 2 nitrogen and oxygen atoms in total. The fourth-order valence-corrected chi connectivity index (χ4v) is 0.575. The van der Waals surface area contributed by atoms with Crippen LogP contribution in [0.3, 0.4) is 0 Å². The van der Waals surface area contributed by atoms with E-state index in [-0.39, 0.29) is 0 Å². The molecule has 0 amide bonds. The molecule has 1 heterocycles. The molecule has 42 valence electrons. The monoisotopic (exact) mass is 108 g/mol. The lowest BCUT2D eigenvalue weighted by atomic mass is 9.68. The molecule has 1 aromatic rings. The van der Waals surface area contributed by atoms with Crippen molar-refractivity contribution in [2.24, 2.45) is 0 Å². The Morgan fingerprint density at radius 2 is 2.25 bits per heavy atom. The fourth-order valence-electron chi connectivity index (χ4n) is 0.575. The van der Waals surface area contributed by atoms with Crippen LogP contribution in [-0.2, 0) is 0 Å². The van der Waals surface area contributed by atoms with E-state index in [0.29, 0.717) is 6.85 Å². The molecule has 0 radical (unpaired) electrons. The minimum absolute atomic E-state index is 0.539. The second kappa shape index (κ2) is 2.03. The fraction of sp³-hybridized carbons (Fsp3) is 0.400. The maximum Gasteiger partial charge on any atom is 0.254 e. The lowest BCUT2D eigenvalue weighted by Crippen LogP contribution is -2.12. The van der Waals surface area contributed by atoms with Gasteiger partial charge in [0.05, 0.1) is 6.33 Å². The molecule has 0 aromatic carbocycles. The highest BCUT2D eigenvalue weighted by Gasteiger charge is 1.97. The molecule has 0 spiro atoms. The van der Waals surface area contributed by atoms with Crippen LogP contribution in [0, 0.1) is 0 Å². The van der Waals surface area contributed by atoms with Gasteiger partial charge in [0, 0.05) is 12.4 Å². The lowest BCUT2D eigenvalue weighted by molar-refractivity contribution is 1.16. The smallest absolute Gasteiger partial charge is 0.254 e. The highest BCUT2D eigenvalue weighted by Crippen LogP contribution is 1.87. The van der Waals surface area contributed by atoms with Gasteiger partial charge >= 0.3 is 0 Å². The molecule has 0 fully saturated rings. The van der Waals surface area contributed by atoms with Gasteiger partial charge in [0.2, 0.25) is 0 Å². The number of aromatic nitrogens is 2. The standard InChI is InChI=1S/C5H9BN2/c1-6(2)8-4-3-7-5-8/h3-5H,1-2H3. The first-order valence-electron chi connectivity index (χ1n) is 2.78. The van der Waals surface area contributed by atoms with Gasteiger partial charge in [-0.1, -0.05) is 13.6 Å². The topological polar surface area (TPSA) is 17.8 Å². The molecule has 0 atom stereocenters. The summed E-state index contributed by atoms with van der Waals surface area (Å²) in [5, 5.41) is 0. The Morgan fingerprint density at radius 1 is 1.50 bits per heavy atom. The average molecular weight is 108 g/mol. The summed E-state index contributed by atoms with van der Waals surface area (Å²) in [7, 11) is 0. The zero-order valence-corrected chi connectivity index (χ0v) is 5.20. The summed E-state index contributed by atoms with van der Waals surface area (Å²) < 4.78 is 2.06. The van der Waals surface area contributed by atoms with Crippen LogP contribution in [0.1, 0.15) is 0 Å². The maximum atomic E-state index is 3.91. The Hall–Kier alpha value is -0.725. The van der Waals surface area contributed by atoms with Gasteiger partial charge in [-0.25, -0.2) is 4.98 Å². The Labute approximate surface area is 49.6 Å². The highest BCUT2D eigenvalue weighted by molar-refractivity contribution is 6.53. The Balaban J connectivity index is 2.77. The van der Waals surface area contributed by atoms with Crippen LogP contribution in [0.2, 0.25) is 13.6 Å². The number of imidazole rings is 1. The summed E-state index contributed by atoms with van der Waals surface area (Å²) in [6, 6.07) is 0. The van der Waals surface area contributed by atoms with Crippen molar-refractivity contribution in [2.45, 2.75) is 13.6 Å². The van der Waals surface area contributed by atoms with Gasteiger partial charge in [-0.15, -0.1) is 0 Å². The zero-order chi connectivity index (χ0) is 5.98. The second-order valence-corrected chi connectivity index (χ2v) is 2.10. The average Bonchev–Trinajstić information content (AvgIpc) is 2.12. The Bertz CT molecular complexity index is 145. The second-order valence-electron chi connectivity index (χ2n) is 2.10. The first-order chi connectivity index (χ1) is 3.80. The van der Waals surface area contributed by atoms with E-state index in [0.717, 1.165) is 0 Å². The Kier molecular flexibility index (Phi) is 1.37. The summed E-state index contributed by atoms with van der Waals surface area (Å²) in [6.07, 6.45) is 5.58. The van der Waals surface area contributed by atoms with Crippen molar-refractivity contribution >= 4 is 6.85 Å². The molecule has 0 N–H and O–H groups in total. The van der Waals surface area contributed by atoms with E-state index in [9.17, 15) is 0 Å². The van der Waals surface area contributed by atoms with Crippen molar-refractivity contribution in [1.82, 2.24) is 9.46 Å². The molecule has 0 unspecified atom stereocenters. The van der Waals surface area contributed by atoms with Crippen molar-refractivity contribution in [3.63, 3.8) is 0 Å². The minimum Gasteiger partial charge on any atom is -0.383 e. The van der Waals surface area contributed by atoms with Crippen LogP contribution in [0.25, 0.3) is 0 Å². The van der Waals surface area contributed by atoms with E-state index >= 15 is 0 Å². The predicted molar refractivity (Wildman–Crippen MR) is 35.1 cm³/mol. The van der Waals surface area contributed by atoms with Gasteiger partial charge in [0.15, 0.2) is 0 Å². The predicted octanol–water partition coefficient (Wildman–Crippen LogP) is 0.982. The summed E-state index contributed by atoms with van der Waals surface area (Å²) in [5.41, 5.74) is 0. The van der Waals surface area contributed by atoms with Crippen LogP contribution < -0.4 is 0 Å². The molecule has 0 saturated heterocycles. The van der Waals surface area contributed by atoms with Gasteiger partial charge in [-0.2, -0.15) is 0 Å². The first-order valence-corrected chi connectivity index (χ1v) is 2.78. The van der Waals surface area contributed by atoms with E-state index in [1.807, 2.05) is 12.5 Å². The molecule has 0 aliphatic rings. The van der Waals surface area contributed by atoms with E-state index in [1.165, 1.54) is 0 Å². The number of hydrogen-bond donors (Lipinski definition) is 0. The minimum atomic E-state index is 0.539. The first kappa shape index (κ1) is 5.41. The van der Waals surface area contributed by atoms with Crippen LogP contribution in [0.5, 0.6) is 0 Å². The van der Waals surface area contributed by atoms with Crippen LogP contribution in [-0.4, -0.2) is 16.3 Å². The molecule has 1 rings (SSSR count). The lowest BCUT2D eigenvalue weighted by Gasteiger charge is -1.98. The number of rotatable bonds is 1. The van der Waals surface area contributed by atoms with Crippen molar-refractivity contribution in [1.29, 1.82) is 0 Å². The van der Waals surface area contributed by atoms with E-state index in [1.54, 1.807) is 6.20 Å². The van der Waals surface area contributed by atoms with Gasteiger partial charge < -0.3 is 4.48 Å². The van der Waals surface area contributed by atoms with Crippen molar-refractivity contribution in [2.75, 3.05) is 0 Å². The molecular weight excluding hydrogens is 98.9 g/mol. The molecule has 0 bridgehead atoms. The third kappa shape index (κ3) is 0.913. The number of hydrogen-bond acceptors (Lipinski definition) is 1. The van der Waals surface area contributed by atoms with Crippen LogP contribution in [0.4, 0.5) is 0 Å². The summed E-state index contributed by atoms with van der Waals surface area (Å²) in [4.78, 5) is 3.91. The molecule has 3 heteroatoms. The van der Waals surface area contributed by atoms with E-state index in [2.05, 4.69) is 23.1 Å². The van der Waals surface area contributed by atoms with Crippen LogP contribution in [0.15, 0.2) is 18.7 Å². The van der Waals surface area contributed by atoms with Gasteiger partial charge in [-0.3, -0.25) is 0 Å². The van der Waals surface area contributed by atoms with Crippen molar-refractivity contribution in [3.05, 3.63) is 18.7 Å². The van der Waals surface area contributed by atoms with Gasteiger partial charge in [-0.05, 0) is 0 Å². The van der Waals surface area contributed by atoms with E-state index < -0.39 is 0 Å². The van der Waals surface area contributed by atoms with E-state index in [4.69, 9.17) is 0 Å². The number of nitrogens with zero attached hydrogens (tertiary/aromatic N) is 2. The summed E-state index contributed by atoms with van der Waals surface area (Å²) in [5.74, 6) is 0. The quantitative estimate of drug-likeness (QED) is 0.490. The third-order valence-corrected chi connectivity index (χ3v) is 1.12. The largest absolute Gasteiger partial charge is 0.383 e. The molecule has 0 saturated carbocycles. The summed E-state index contributed by atoms with van der Waals surface area (Å²) >= 11 is 0. The van der Waals surface area contributed by atoms with Gasteiger partial charge in [0.25, 0.3) is 6.85 Å². The molecule has 0 aliphatic heterocycles. The molecule has 1 aromatic heterocycles. The third-order valence-electron chi connectivity index (χ3n) is 1.12. The maximum absolute atomic E-state index is 3.91. The molecular formula is C5H9BN2. The summed E-state index contributed by atoms with van der Waals surface area (Å²) in [6.45, 7) is 4.79. The SMILES string of the molecule is CB(C)n1ccnc1. The Morgan fingerprint density at radius 3 is 2.50 bits per heavy atom. The highest BCUT2D eigenvalue weighted by atomic mass is 15.0. The molecule has 8 heavy (non-hydrogen) atoms.